The van der Waals surface area contributed by atoms with Crippen LogP contribution in [-0.2, 0) is 40.3 Å². The zero-order valence-corrected chi connectivity index (χ0v) is 22.6. The maximum Gasteiger partial charge on any atom is 0.416 e. The number of aliphatic hydroxyl groups is 2. The zero-order valence-electron chi connectivity index (χ0n) is 22.6. The van der Waals surface area contributed by atoms with Crippen LogP contribution in [0.3, 0.4) is 0 Å². The molecule has 0 fully saturated rings. The minimum Gasteiger partial charge on any atom is -0.453 e. The van der Waals surface area contributed by atoms with Gasteiger partial charge in [-0.3, -0.25) is 9.80 Å². The fraction of sp³-hybridized carbons (Fsp3) is 0.462. The van der Waals surface area contributed by atoms with E-state index in [1.165, 1.54) is 13.8 Å². The van der Waals surface area contributed by atoms with Crippen LogP contribution >= 0.6 is 0 Å². The molecule has 43 heavy (non-hydrogen) atoms. The molecule has 1 heterocycles. The lowest BCUT2D eigenvalue weighted by molar-refractivity contribution is -0.188. The standard InChI is InChI=1S/C26H25F9N2O6/c1-4-18-20(38)23(41,17-11-14(24(27,28)29)6-7-19(17)37(18)22(40)43-5-2)36(21(39)42-3)12-13-8-15(25(30,31)32)10-16(9-13)26(33,34)35/h6-11,18,20,38,41H,4-5,12H2,1-3H3/t18-,20?,23+/m1/s1. The van der Waals surface area contributed by atoms with Crippen LogP contribution in [0.4, 0.5) is 54.8 Å². The number of amides is 2. The average molecular weight is 632 g/mol. The van der Waals surface area contributed by atoms with Crippen molar-refractivity contribution in [1.29, 1.82) is 0 Å². The SMILES string of the molecule is CCOC(=O)N1c2ccc(C(F)(F)F)cc2[C@@](O)(N(Cc2cc(C(F)(F)F)cc(C(F)(F)F)c2)C(=O)OC)C(O)[C@H]1CC. The van der Waals surface area contributed by atoms with E-state index in [2.05, 4.69) is 4.74 Å². The second kappa shape index (κ2) is 11.7. The summed E-state index contributed by atoms with van der Waals surface area (Å²) >= 11 is 0. The van der Waals surface area contributed by atoms with Crippen LogP contribution in [0.5, 0.6) is 0 Å². The second-order valence-electron chi connectivity index (χ2n) is 9.42. The number of alkyl halides is 9. The van der Waals surface area contributed by atoms with Crippen molar-refractivity contribution in [3.63, 3.8) is 0 Å². The molecule has 0 radical (unpaired) electrons. The summed E-state index contributed by atoms with van der Waals surface area (Å²) in [6, 6.07) is 0.327. The fourth-order valence-corrected chi connectivity index (χ4v) is 4.83. The monoisotopic (exact) mass is 632 g/mol. The number of anilines is 1. The molecule has 0 spiro atoms. The Morgan fingerprint density at radius 1 is 0.907 bits per heavy atom. The molecule has 2 aromatic carbocycles. The lowest BCUT2D eigenvalue weighted by atomic mass is 9.82. The van der Waals surface area contributed by atoms with Gasteiger partial charge < -0.3 is 19.7 Å². The smallest absolute Gasteiger partial charge is 0.416 e. The highest BCUT2D eigenvalue weighted by Crippen LogP contribution is 2.48. The van der Waals surface area contributed by atoms with E-state index < -0.39 is 88.6 Å². The number of methoxy groups -OCH3 is 1. The number of hydrogen-bond acceptors (Lipinski definition) is 6. The van der Waals surface area contributed by atoms with Crippen LogP contribution in [0.25, 0.3) is 0 Å². The van der Waals surface area contributed by atoms with E-state index >= 15 is 0 Å². The lowest BCUT2D eigenvalue weighted by Crippen LogP contribution is -2.66. The number of fused-ring (bicyclic) bond motifs is 1. The maximum atomic E-state index is 13.7. The topological polar surface area (TPSA) is 99.5 Å². The molecule has 2 N–H and O–H groups in total. The first kappa shape index (κ1) is 33.8. The van der Waals surface area contributed by atoms with E-state index in [1.807, 2.05) is 0 Å². The Bertz CT molecular complexity index is 1330. The number of halogens is 9. The van der Waals surface area contributed by atoms with Crippen LogP contribution in [0, 0.1) is 0 Å². The summed E-state index contributed by atoms with van der Waals surface area (Å²) in [5.74, 6) is 0. The Hall–Kier alpha value is -3.73. The van der Waals surface area contributed by atoms with Gasteiger partial charge >= 0.3 is 30.7 Å². The molecule has 1 unspecified atom stereocenters. The van der Waals surface area contributed by atoms with Gasteiger partial charge in [0.2, 0.25) is 0 Å². The van der Waals surface area contributed by atoms with Crippen molar-refractivity contribution in [2.75, 3.05) is 18.6 Å². The number of ether oxygens (including phenoxy) is 2. The lowest BCUT2D eigenvalue weighted by Gasteiger charge is -2.51. The minimum atomic E-state index is -5.30. The molecule has 1 aliphatic heterocycles. The zero-order chi connectivity index (χ0) is 32.7. The molecule has 17 heteroatoms. The number of benzene rings is 2. The molecular formula is C26H25F9N2O6. The minimum absolute atomic E-state index is 0.0947. The van der Waals surface area contributed by atoms with Gasteiger partial charge in [0.25, 0.3) is 0 Å². The molecule has 0 bridgehead atoms. The van der Waals surface area contributed by atoms with E-state index in [1.54, 1.807) is 0 Å². The van der Waals surface area contributed by atoms with Crippen molar-refractivity contribution in [3.05, 3.63) is 64.2 Å². The van der Waals surface area contributed by atoms with Crippen molar-refractivity contribution in [3.8, 4) is 0 Å². The molecule has 3 atom stereocenters. The van der Waals surface area contributed by atoms with Gasteiger partial charge in [-0.25, -0.2) is 9.59 Å². The first-order valence-corrected chi connectivity index (χ1v) is 12.4. The number of carbonyl (C=O) groups is 2. The molecule has 2 amide bonds. The summed E-state index contributed by atoms with van der Waals surface area (Å²) in [5.41, 5.74) is -10.6. The van der Waals surface area contributed by atoms with Crippen molar-refractivity contribution in [2.45, 2.75) is 63.2 Å². The predicted octanol–water partition coefficient (Wildman–Crippen LogP) is 6.27. The number of nitrogens with zero attached hydrogens (tertiary/aromatic N) is 2. The van der Waals surface area contributed by atoms with E-state index in [0.717, 1.165) is 18.1 Å². The Balaban J connectivity index is 2.36. The van der Waals surface area contributed by atoms with Crippen LogP contribution in [0.15, 0.2) is 36.4 Å². The molecule has 2 aromatic rings. The first-order chi connectivity index (χ1) is 19.7. The third-order valence-electron chi connectivity index (χ3n) is 6.77. The van der Waals surface area contributed by atoms with Gasteiger partial charge in [-0.15, -0.1) is 0 Å². The number of rotatable bonds is 5. The Kier molecular flexibility index (Phi) is 9.23. The maximum absolute atomic E-state index is 13.7. The van der Waals surface area contributed by atoms with Gasteiger partial charge in [0, 0.05) is 5.56 Å². The van der Waals surface area contributed by atoms with Crippen molar-refractivity contribution in [1.82, 2.24) is 4.90 Å². The normalized spacial score (nSPS) is 20.8. The van der Waals surface area contributed by atoms with E-state index in [4.69, 9.17) is 4.74 Å². The molecule has 8 nitrogen and oxygen atoms in total. The highest BCUT2D eigenvalue weighted by Gasteiger charge is 2.57. The molecule has 0 saturated carbocycles. The van der Waals surface area contributed by atoms with Gasteiger partial charge in [0.1, 0.15) is 6.10 Å². The quantitative estimate of drug-likeness (QED) is 0.298. The highest BCUT2D eigenvalue weighted by atomic mass is 19.4. The Morgan fingerprint density at radius 3 is 1.88 bits per heavy atom. The van der Waals surface area contributed by atoms with Gasteiger partial charge in [0.05, 0.1) is 48.7 Å². The van der Waals surface area contributed by atoms with Crippen molar-refractivity contribution >= 4 is 17.9 Å². The van der Waals surface area contributed by atoms with Crippen LogP contribution in [0.1, 0.15) is 48.1 Å². The third kappa shape index (κ3) is 6.46. The summed E-state index contributed by atoms with van der Waals surface area (Å²) in [4.78, 5) is 26.7. The van der Waals surface area contributed by atoms with Crippen molar-refractivity contribution in [2.24, 2.45) is 0 Å². The molecule has 0 aromatic heterocycles. The van der Waals surface area contributed by atoms with Crippen molar-refractivity contribution < 1.29 is 68.8 Å². The second-order valence-corrected chi connectivity index (χ2v) is 9.42. The molecule has 0 saturated heterocycles. The largest absolute Gasteiger partial charge is 0.453 e. The number of hydrogen-bond donors (Lipinski definition) is 2. The van der Waals surface area contributed by atoms with Gasteiger partial charge in [-0.1, -0.05) is 6.92 Å². The first-order valence-electron chi connectivity index (χ1n) is 12.4. The van der Waals surface area contributed by atoms with Gasteiger partial charge in [-0.2, -0.15) is 39.5 Å². The molecule has 0 aliphatic carbocycles. The van der Waals surface area contributed by atoms with Crippen LogP contribution < -0.4 is 4.90 Å². The summed E-state index contributed by atoms with van der Waals surface area (Å²) in [6.45, 7) is 1.26. The van der Waals surface area contributed by atoms with Gasteiger partial charge in [0.15, 0.2) is 5.72 Å². The molecule has 1 aliphatic rings. The fourth-order valence-electron chi connectivity index (χ4n) is 4.83. The average Bonchev–Trinajstić information content (AvgIpc) is 2.91. The summed E-state index contributed by atoms with van der Waals surface area (Å²) < 4.78 is 132. The summed E-state index contributed by atoms with van der Waals surface area (Å²) in [5, 5.41) is 23.4. The molecule has 238 valence electrons. The predicted molar refractivity (Wildman–Crippen MR) is 129 cm³/mol. The van der Waals surface area contributed by atoms with Crippen LogP contribution in [0.2, 0.25) is 0 Å². The molecule has 3 rings (SSSR count). The third-order valence-corrected chi connectivity index (χ3v) is 6.77. The molecular weight excluding hydrogens is 607 g/mol. The Labute approximate surface area is 238 Å². The van der Waals surface area contributed by atoms with E-state index in [-0.39, 0.29) is 36.1 Å². The summed E-state index contributed by atoms with van der Waals surface area (Å²) in [6.07, 6.45) is -21.1. The van der Waals surface area contributed by atoms with Crippen LogP contribution in [-0.4, -0.2) is 53.2 Å². The van der Waals surface area contributed by atoms with E-state index in [9.17, 15) is 59.3 Å². The van der Waals surface area contributed by atoms with E-state index in [0.29, 0.717) is 12.1 Å². The summed E-state index contributed by atoms with van der Waals surface area (Å²) in [7, 11) is 0.719. The van der Waals surface area contributed by atoms with Gasteiger partial charge in [-0.05, 0) is 55.3 Å². The number of aliphatic hydroxyl groups excluding tert-OH is 1. The highest BCUT2D eigenvalue weighted by molar-refractivity contribution is 5.91. The Morgan fingerprint density at radius 2 is 1.44 bits per heavy atom. The number of carbonyl (C=O) groups excluding carboxylic acids is 2.